The first-order chi connectivity index (χ1) is 9.57. The molecular weight excluding hydrogens is 248 g/mol. The topological polar surface area (TPSA) is 49.5 Å². The summed E-state index contributed by atoms with van der Waals surface area (Å²) in [7, 11) is 0. The zero-order valence-corrected chi connectivity index (χ0v) is 13.5. The molecule has 20 heavy (non-hydrogen) atoms. The van der Waals surface area contributed by atoms with Crippen LogP contribution in [0.1, 0.15) is 65.2 Å². The highest BCUT2D eigenvalue weighted by Gasteiger charge is 2.39. The fraction of sp³-hybridized carbons (Fsp3) is 1.00. The van der Waals surface area contributed by atoms with Crippen molar-refractivity contribution in [1.29, 1.82) is 0 Å². The number of piperidine rings is 1. The molecule has 2 rings (SSSR count). The fourth-order valence-electron chi connectivity index (χ4n) is 4.36. The Morgan fingerprint density at radius 2 is 1.80 bits per heavy atom. The average molecular weight is 282 g/mol. The lowest BCUT2D eigenvalue weighted by molar-refractivity contribution is 0.0839. The van der Waals surface area contributed by atoms with E-state index in [1.165, 1.54) is 64.6 Å². The monoisotopic (exact) mass is 282 g/mol. The number of aliphatic hydroxyl groups excluding tert-OH is 1. The summed E-state index contributed by atoms with van der Waals surface area (Å²) in [5, 5.41) is 9.53. The van der Waals surface area contributed by atoms with Crippen molar-refractivity contribution in [3.8, 4) is 0 Å². The van der Waals surface area contributed by atoms with Crippen LogP contribution < -0.4 is 5.73 Å². The van der Waals surface area contributed by atoms with Crippen LogP contribution in [0.3, 0.4) is 0 Å². The number of nitrogens with two attached hydrogens (primary N) is 1. The van der Waals surface area contributed by atoms with Crippen LogP contribution in [0.15, 0.2) is 0 Å². The molecule has 0 bridgehead atoms. The van der Waals surface area contributed by atoms with Crippen molar-refractivity contribution >= 4 is 0 Å². The van der Waals surface area contributed by atoms with Crippen molar-refractivity contribution in [2.75, 3.05) is 26.2 Å². The minimum absolute atomic E-state index is 0.159. The Kier molecular flexibility index (Phi) is 5.49. The van der Waals surface area contributed by atoms with E-state index in [1.807, 2.05) is 0 Å². The Balaban J connectivity index is 1.76. The van der Waals surface area contributed by atoms with Crippen LogP contribution in [0.25, 0.3) is 0 Å². The number of hydrogen-bond donors (Lipinski definition) is 2. The molecule has 2 atom stereocenters. The van der Waals surface area contributed by atoms with Gasteiger partial charge in [-0.1, -0.05) is 33.1 Å². The molecule has 1 aliphatic heterocycles. The maximum absolute atomic E-state index is 9.53. The SMILES string of the molecule is CCC1(CC)CCN(CCC2CCCC2(N)CO)CC1. The molecule has 1 heterocycles. The van der Waals surface area contributed by atoms with Gasteiger partial charge in [0.15, 0.2) is 0 Å². The third-order valence-electron chi connectivity index (χ3n) is 6.51. The highest BCUT2D eigenvalue weighted by atomic mass is 16.3. The molecule has 0 radical (unpaired) electrons. The van der Waals surface area contributed by atoms with Crippen molar-refractivity contribution in [3.05, 3.63) is 0 Å². The zero-order valence-electron chi connectivity index (χ0n) is 13.5. The molecule has 3 nitrogen and oxygen atoms in total. The first kappa shape index (κ1) is 16.3. The van der Waals surface area contributed by atoms with Crippen molar-refractivity contribution in [1.82, 2.24) is 4.90 Å². The van der Waals surface area contributed by atoms with Crippen LogP contribution in [0.4, 0.5) is 0 Å². The maximum atomic E-state index is 9.53. The van der Waals surface area contributed by atoms with E-state index >= 15 is 0 Å². The van der Waals surface area contributed by atoms with Gasteiger partial charge < -0.3 is 15.7 Å². The summed E-state index contributed by atoms with van der Waals surface area (Å²) in [5.41, 5.74) is 6.67. The molecule has 3 N–H and O–H groups in total. The second-order valence-corrected chi connectivity index (χ2v) is 7.32. The van der Waals surface area contributed by atoms with Crippen molar-refractivity contribution in [2.45, 2.75) is 70.8 Å². The van der Waals surface area contributed by atoms with Crippen LogP contribution in [-0.4, -0.2) is 41.8 Å². The Labute approximate surface area is 124 Å². The van der Waals surface area contributed by atoms with Gasteiger partial charge in [0.2, 0.25) is 0 Å². The van der Waals surface area contributed by atoms with E-state index < -0.39 is 0 Å². The molecule has 0 spiro atoms. The summed E-state index contributed by atoms with van der Waals surface area (Å²) in [6.45, 7) is 8.54. The van der Waals surface area contributed by atoms with Gasteiger partial charge in [0, 0.05) is 5.54 Å². The minimum Gasteiger partial charge on any atom is -0.394 e. The summed E-state index contributed by atoms with van der Waals surface area (Å²) >= 11 is 0. The molecule has 0 aromatic carbocycles. The van der Waals surface area contributed by atoms with E-state index in [9.17, 15) is 5.11 Å². The quantitative estimate of drug-likeness (QED) is 0.787. The highest BCUT2D eigenvalue weighted by Crippen LogP contribution is 2.39. The molecule has 2 aliphatic rings. The molecule has 1 saturated carbocycles. The molecule has 0 aromatic heterocycles. The lowest BCUT2D eigenvalue weighted by Crippen LogP contribution is -2.48. The van der Waals surface area contributed by atoms with E-state index in [0.717, 1.165) is 6.42 Å². The first-order valence-electron chi connectivity index (χ1n) is 8.69. The summed E-state index contributed by atoms with van der Waals surface area (Å²) in [5.74, 6) is 0.525. The van der Waals surface area contributed by atoms with E-state index in [2.05, 4.69) is 18.7 Å². The van der Waals surface area contributed by atoms with Crippen molar-refractivity contribution < 1.29 is 5.11 Å². The molecule has 2 fully saturated rings. The Morgan fingerprint density at radius 1 is 1.15 bits per heavy atom. The number of rotatable bonds is 6. The normalized spacial score (nSPS) is 34.5. The molecular formula is C17H34N2O. The number of hydrogen-bond acceptors (Lipinski definition) is 3. The largest absolute Gasteiger partial charge is 0.394 e. The number of likely N-dealkylation sites (tertiary alicyclic amines) is 1. The maximum Gasteiger partial charge on any atom is 0.0613 e. The molecule has 0 aromatic rings. The third kappa shape index (κ3) is 3.37. The summed E-state index contributed by atoms with van der Waals surface area (Å²) in [6, 6.07) is 0. The molecule has 2 unspecified atom stereocenters. The van der Waals surface area contributed by atoms with Gasteiger partial charge in [-0.2, -0.15) is 0 Å². The number of aliphatic hydroxyl groups is 1. The van der Waals surface area contributed by atoms with Gasteiger partial charge in [-0.15, -0.1) is 0 Å². The van der Waals surface area contributed by atoms with E-state index in [0.29, 0.717) is 11.3 Å². The number of nitrogens with zero attached hydrogens (tertiary/aromatic N) is 1. The van der Waals surface area contributed by atoms with Crippen LogP contribution in [0.5, 0.6) is 0 Å². The van der Waals surface area contributed by atoms with Crippen LogP contribution >= 0.6 is 0 Å². The van der Waals surface area contributed by atoms with Gasteiger partial charge in [-0.25, -0.2) is 0 Å². The lowest BCUT2D eigenvalue weighted by Gasteiger charge is -2.41. The zero-order chi connectivity index (χ0) is 14.6. The summed E-state index contributed by atoms with van der Waals surface area (Å²) in [6.07, 6.45) is 9.95. The van der Waals surface area contributed by atoms with Crippen molar-refractivity contribution in [2.24, 2.45) is 17.1 Å². The summed E-state index contributed by atoms with van der Waals surface area (Å²) < 4.78 is 0. The van der Waals surface area contributed by atoms with Gasteiger partial charge in [-0.3, -0.25) is 0 Å². The molecule has 118 valence electrons. The second kappa shape index (κ2) is 6.76. The van der Waals surface area contributed by atoms with Gasteiger partial charge in [0.05, 0.1) is 6.61 Å². The molecule has 1 aliphatic carbocycles. The van der Waals surface area contributed by atoms with E-state index in [-0.39, 0.29) is 12.1 Å². The average Bonchev–Trinajstić information content (AvgIpc) is 2.87. The fourth-order valence-corrected chi connectivity index (χ4v) is 4.36. The van der Waals surface area contributed by atoms with Crippen LogP contribution in [0, 0.1) is 11.3 Å². The third-order valence-corrected chi connectivity index (χ3v) is 6.51. The van der Waals surface area contributed by atoms with Crippen molar-refractivity contribution in [3.63, 3.8) is 0 Å². The van der Waals surface area contributed by atoms with Crippen LogP contribution in [-0.2, 0) is 0 Å². The molecule has 0 amide bonds. The highest BCUT2D eigenvalue weighted by molar-refractivity contribution is 4.96. The van der Waals surface area contributed by atoms with E-state index in [1.54, 1.807) is 0 Å². The van der Waals surface area contributed by atoms with Gasteiger partial charge in [0.25, 0.3) is 0 Å². The Morgan fingerprint density at radius 3 is 2.35 bits per heavy atom. The standard InChI is InChI=1S/C17H34N2O/c1-3-16(4-2)9-12-19(13-10-16)11-7-15-6-5-8-17(15,18)14-20/h15,20H,3-14,18H2,1-2H3. The first-order valence-corrected chi connectivity index (χ1v) is 8.69. The van der Waals surface area contributed by atoms with Crippen LogP contribution in [0.2, 0.25) is 0 Å². The smallest absolute Gasteiger partial charge is 0.0613 e. The predicted octanol–water partition coefficient (Wildman–Crippen LogP) is 2.77. The second-order valence-electron chi connectivity index (χ2n) is 7.32. The molecule has 1 saturated heterocycles. The van der Waals surface area contributed by atoms with Gasteiger partial charge >= 0.3 is 0 Å². The summed E-state index contributed by atoms with van der Waals surface area (Å²) in [4.78, 5) is 2.62. The minimum atomic E-state index is -0.285. The van der Waals surface area contributed by atoms with Gasteiger partial charge in [0.1, 0.15) is 0 Å². The van der Waals surface area contributed by atoms with E-state index in [4.69, 9.17) is 5.73 Å². The Hall–Kier alpha value is -0.120. The lowest BCUT2D eigenvalue weighted by atomic mass is 9.74. The molecule has 3 heteroatoms. The Bertz CT molecular complexity index is 293. The van der Waals surface area contributed by atoms with Gasteiger partial charge in [-0.05, 0) is 63.1 Å². The predicted molar refractivity (Wildman–Crippen MR) is 84.7 cm³/mol.